The first-order valence-corrected chi connectivity index (χ1v) is 11.9. The van der Waals surface area contributed by atoms with Crippen molar-refractivity contribution in [2.45, 2.75) is 84.2 Å². The fraction of sp³-hybridized carbons (Fsp3) is 0.815. The van der Waals surface area contributed by atoms with Crippen LogP contribution in [-0.4, -0.2) is 24.4 Å². The zero-order valence-corrected chi connectivity index (χ0v) is 21.3. The Labute approximate surface area is 198 Å². The van der Waals surface area contributed by atoms with Gasteiger partial charge in [-0.2, -0.15) is 0 Å². The van der Waals surface area contributed by atoms with Gasteiger partial charge in [0, 0.05) is 26.6 Å². The fourth-order valence-corrected chi connectivity index (χ4v) is 9.70. The second kappa shape index (κ2) is 7.74. The summed E-state index contributed by atoms with van der Waals surface area (Å²) in [5.41, 5.74) is 1.46. The van der Waals surface area contributed by atoms with Crippen LogP contribution in [0.4, 0.5) is 0 Å². The molecule has 3 heteroatoms. The predicted molar refractivity (Wildman–Crippen MR) is 120 cm³/mol. The van der Waals surface area contributed by atoms with Crippen LogP contribution in [0.2, 0.25) is 0 Å². The van der Waals surface area contributed by atoms with Crippen molar-refractivity contribution >= 4 is 0 Å². The molecule has 4 fully saturated rings. The number of ether oxygens (including phenoxy) is 1. The maximum absolute atomic E-state index is 11.2. The standard InChI is InChI=1S/C27H43O2.Rh/c1-8-27-14-9-20(19(2)3)25(27,6)16-15-24(5)21-11-13-26(28,18-29-7)17-23(21,4)12-10-22(24)27;/h8,20-22,28H,1-3,9-18H2,4-7H3;/q-1;/t20-,21+,22-,23-,24-,25-,26-,27+;/m1./s1. The molecular weight excluding hydrogens is 459 g/mol. The molecule has 0 unspecified atom stereocenters. The summed E-state index contributed by atoms with van der Waals surface area (Å²) >= 11 is 0. The van der Waals surface area contributed by atoms with Gasteiger partial charge in [0.1, 0.15) is 0 Å². The van der Waals surface area contributed by atoms with E-state index in [0.717, 1.165) is 24.8 Å². The van der Waals surface area contributed by atoms with Gasteiger partial charge in [0.25, 0.3) is 0 Å². The average molecular weight is 503 g/mol. The van der Waals surface area contributed by atoms with E-state index in [-0.39, 0.29) is 35.7 Å². The first-order chi connectivity index (χ1) is 13.5. The third-order valence-corrected chi connectivity index (χ3v) is 10.8. The minimum absolute atomic E-state index is 0. The quantitative estimate of drug-likeness (QED) is 0.276. The van der Waals surface area contributed by atoms with Crippen molar-refractivity contribution in [3.8, 4) is 0 Å². The SMILES string of the molecule is C=C[C@@]12CC[C@H](C(=C)[CH2-])[C@@]1(C)CC[C@@]1(C)[C@H]2CC[C@]2(C)C[C@@](O)(COC)CC[C@@H]21.[Rh]. The summed E-state index contributed by atoms with van der Waals surface area (Å²) in [5.74, 6) is 1.88. The molecule has 1 radical (unpaired) electrons. The summed E-state index contributed by atoms with van der Waals surface area (Å²) in [6, 6.07) is 0. The van der Waals surface area contributed by atoms with Crippen LogP contribution in [0.1, 0.15) is 78.6 Å². The van der Waals surface area contributed by atoms with Gasteiger partial charge in [0.2, 0.25) is 0 Å². The summed E-state index contributed by atoms with van der Waals surface area (Å²) in [4.78, 5) is 0. The largest absolute Gasteiger partial charge is 0.387 e. The molecule has 0 aromatic heterocycles. The van der Waals surface area contributed by atoms with Crippen molar-refractivity contribution in [2.24, 2.45) is 39.4 Å². The molecule has 173 valence electrons. The van der Waals surface area contributed by atoms with Crippen LogP contribution in [0.15, 0.2) is 24.8 Å². The van der Waals surface area contributed by atoms with Gasteiger partial charge >= 0.3 is 0 Å². The molecule has 0 aromatic carbocycles. The van der Waals surface area contributed by atoms with Crippen LogP contribution in [0.25, 0.3) is 0 Å². The van der Waals surface area contributed by atoms with Crippen molar-refractivity contribution in [1.82, 2.24) is 0 Å². The van der Waals surface area contributed by atoms with E-state index in [4.69, 9.17) is 4.74 Å². The van der Waals surface area contributed by atoms with E-state index in [0.29, 0.717) is 29.8 Å². The molecule has 0 saturated heterocycles. The van der Waals surface area contributed by atoms with Crippen LogP contribution in [-0.2, 0) is 24.2 Å². The van der Waals surface area contributed by atoms with Gasteiger partial charge in [-0.25, -0.2) is 19.1 Å². The second-order valence-electron chi connectivity index (χ2n) is 12.1. The number of hydrogen-bond acceptors (Lipinski definition) is 2. The van der Waals surface area contributed by atoms with E-state index in [1.165, 1.54) is 38.5 Å². The number of aliphatic hydroxyl groups is 1. The van der Waals surface area contributed by atoms with E-state index < -0.39 is 5.60 Å². The Morgan fingerprint density at radius 2 is 1.73 bits per heavy atom. The Morgan fingerprint density at radius 3 is 2.33 bits per heavy atom. The molecule has 30 heavy (non-hydrogen) atoms. The molecule has 0 bridgehead atoms. The van der Waals surface area contributed by atoms with Gasteiger partial charge in [0.15, 0.2) is 0 Å². The summed E-state index contributed by atoms with van der Waals surface area (Å²) in [5, 5.41) is 11.2. The summed E-state index contributed by atoms with van der Waals surface area (Å²) < 4.78 is 5.40. The van der Waals surface area contributed by atoms with Crippen molar-refractivity contribution < 1.29 is 29.3 Å². The Bertz CT molecular complexity index is 705. The maximum atomic E-state index is 11.2. The number of allylic oxidation sites excluding steroid dienone is 2. The first kappa shape index (κ1) is 24.5. The molecule has 4 rings (SSSR count). The Kier molecular flexibility index (Phi) is 6.33. The molecule has 0 aromatic rings. The van der Waals surface area contributed by atoms with Gasteiger partial charge in [-0.3, -0.25) is 0 Å². The number of fused-ring (bicyclic) bond motifs is 5. The zero-order chi connectivity index (χ0) is 21.3. The number of methoxy groups -OCH3 is 1. The monoisotopic (exact) mass is 502 g/mol. The Balaban J connectivity index is 0.00000256. The minimum Gasteiger partial charge on any atom is -0.387 e. The van der Waals surface area contributed by atoms with E-state index in [1.807, 2.05) is 0 Å². The van der Waals surface area contributed by atoms with Crippen molar-refractivity contribution in [2.75, 3.05) is 13.7 Å². The van der Waals surface area contributed by atoms with Crippen molar-refractivity contribution in [1.29, 1.82) is 0 Å². The number of rotatable bonds is 4. The second-order valence-corrected chi connectivity index (χ2v) is 12.1. The summed E-state index contributed by atoms with van der Waals surface area (Å²) in [7, 11) is 1.72. The smallest absolute Gasteiger partial charge is 0.0885 e. The molecule has 0 spiro atoms. The molecule has 0 aliphatic heterocycles. The van der Waals surface area contributed by atoms with Crippen LogP contribution < -0.4 is 0 Å². The summed E-state index contributed by atoms with van der Waals surface area (Å²) in [6.07, 6.45) is 12.7. The Morgan fingerprint density at radius 1 is 1.07 bits per heavy atom. The molecule has 0 amide bonds. The van der Waals surface area contributed by atoms with E-state index >= 15 is 0 Å². The molecule has 0 heterocycles. The minimum atomic E-state index is -0.646. The van der Waals surface area contributed by atoms with Crippen LogP contribution in [0.3, 0.4) is 0 Å². The molecule has 1 N–H and O–H groups in total. The topological polar surface area (TPSA) is 29.5 Å². The third kappa shape index (κ3) is 3.08. The molecule has 2 nitrogen and oxygen atoms in total. The third-order valence-electron chi connectivity index (χ3n) is 10.8. The Hall–Kier alpha value is -0.107. The average Bonchev–Trinajstić information content (AvgIpc) is 2.94. The van der Waals surface area contributed by atoms with Gasteiger partial charge in [0.05, 0.1) is 12.2 Å². The first-order valence-electron chi connectivity index (χ1n) is 11.9. The van der Waals surface area contributed by atoms with E-state index in [1.54, 1.807) is 7.11 Å². The predicted octanol–water partition coefficient (Wildman–Crippen LogP) is 6.36. The van der Waals surface area contributed by atoms with Crippen LogP contribution >= 0.6 is 0 Å². The molecule has 4 saturated carbocycles. The van der Waals surface area contributed by atoms with Gasteiger partial charge in [-0.05, 0) is 97.2 Å². The summed E-state index contributed by atoms with van der Waals surface area (Å²) in [6.45, 7) is 21.1. The van der Waals surface area contributed by atoms with Crippen molar-refractivity contribution in [3.63, 3.8) is 0 Å². The van der Waals surface area contributed by atoms with Crippen LogP contribution in [0.5, 0.6) is 0 Å². The van der Waals surface area contributed by atoms with E-state index in [9.17, 15) is 5.11 Å². The zero-order valence-electron chi connectivity index (χ0n) is 19.7. The van der Waals surface area contributed by atoms with Crippen LogP contribution in [0, 0.1) is 46.3 Å². The van der Waals surface area contributed by atoms with E-state index in [2.05, 4.69) is 46.9 Å². The van der Waals surface area contributed by atoms with Crippen molar-refractivity contribution in [3.05, 3.63) is 31.7 Å². The normalized spacial score (nSPS) is 52.4. The van der Waals surface area contributed by atoms with Gasteiger partial charge < -0.3 is 9.84 Å². The van der Waals surface area contributed by atoms with Gasteiger partial charge in [-0.15, -0.1) is 6.58 Å². The molecular formula is C27H43O2Rh-. The molecule has 8 atom stereocenters. The fourth-order valence-electron chi connectivity index (χ4n) is 9.70. The number of hydrogen-bond donors (Lipinski definition) is 1. The molecule has 4 aliphatic carbocycles. The maximum Gasteiger partial charge on any atom is 0.0885 e. The molecule has 4 aliphatic rings. The van der Waals surface area contributed by atoms with Gasteiger partial charge in [-0.1, -0.05) is 26.8 Å².